The Kier molecular flexibility index (Phi) is 7.99. The molecule has 1 heteroatoms. The number of unbranched alkanes of at least 4 members (excludes halogenated alkanes) is 5. The lowest BCUT2D eigenvalue weighted by atomic mass is 9.85. The third-order valence-corrected chi connectivity index (χ3v) is 3.75. The van der Waals surface area contributed by atoms with Crippen molar-refractivity contribution >= 4 is 0 Å². The molecule has 0 heterocycles. The van der Waals surface area contributed by atoms with Gasteiger partial charge < -0.3 is 5.11 Å². The summed E-state index contributed by atoms with van der Waals surface area (Å²) < 4.78 is 0. The molecule has 0 amide bonds. The zero-order chi connectivity index (χ0) is 10.8. The van der Waals surface area contributed by atoms with Crippen LogP contribution in [-0.4, -0.2) is 11.7 Å². The summed E-state index contributed by atoms with van der Waals surface area (Å²) in [6.07, 6.45) is 16.8. The van der Waals surface area contributed by atoms with Gasteiger partial charge in [-0.15, -0.1) is 0 Å². The maximum absolute atomic E-state index is 8.64. The van der Waals surface area contributed by atoms with Crippen molar-refractivity contribution in [1.82, 2.24) is 0 Å². The van der Waals surface area contributed by atoms with Crippen molar-refractivity contribution < 1.29 is 5.11 Å². The standard InChI is InChI=1S/C14H28O/c15-13-9-4-2-1-3-6-10-14-11-7-5-8-12-14/h14-15H,1-13H2. The molecule has 0 radical (unpaired) electrons. The molecule has 0 saturated heterocycles. The van der Waals surface area contributed by atoms with E-state index in [1.54, 1.807) is 0 Å². The summed E-state index contributed by atoms with van der Waals surface area (Å²) in [7, 11) is 0. The first kappa shape index (κ1) is 13.0. The highest BCUT2D eigenvalue weighted by molar-refractivity contribution is 4.65. The van der Waals surface area contributed by atoms with E-state index in [-0.39, 0.29) is 0 Å². The molecule has 0 aromatic heterocycles. The second kappa shape index (κ2) is 9.21. The molecule has 90 valence electrons. The minimum Gasteiger partial charge on any atom is -0.396 e. The Hall–Kier alpha value is -0.0400. The van der Waals surface area contributed by atoms with Gasteiger partial charge in [0, 0.05) is 6.61 Å². The molecular formula is C14H28O. The Bertz CT molecular complexity index is 127. The smallest absolute Gasteiger partial charge is 0.0431 e. The predicted molar refractivity (Wildman–Crippen MR) is 66.0 cm³/mol. The Balaban J connectivity index is 1.79. The van der Waals surface area contributed by atoms with E-state index in [1.807, 2.05) is 0 Å². The van der Waals surface area contributed by atoms with Crippen molar-refractivity contribution in [2.75, 3.05) is 6.61 Å². The molecule has 0 spiro atoms. The van der Waals surface area contributed by atoms with Gasteiger partial charge in [-0.2, -0.15) is 0 Å². The van der Waals surface area contributed by atoms with Crippen molar-refractivity contribution in [1.29, 1.82) is 0 Å². The number of rotatable bonds is 8. The summed E-state index contributed by atoms with van der Waals surface area (Å²) in [4.78, 5) is 0. The molecule has 15 heavy (non-hydrogen) atoms. The molecule has 0 bridgehead atoms. The minimum atomic E-state index is 0.377. The van der Waals surface area contributed by atoms with Gasteiger partial charge in [0.2, 0.25) is 0 Å². The topological polar surface area (TPSA) is 20.2 Å². The predicted octanol–water partition coefficient (Wildman–Crippen LogP) is 4.29. The van der Waals surface area contributed by atoms with Crippen LogP contribution in [0.15, 0.2) is 0 Å². The first-order chi connectivity index (χ1) is 7.43. The van der Waals surface area contributed by atoms with Crippen LogP contribution in [0.3, 0.4) is 0 Å². The Labute approximate surface area is 95.3 Å². The van der Waals surface area contributed by atoms with Gasteiger partial charge in [0.25, 0.3) is 0 Å². The molecule has 1 N–H and O–H groups in total. The molecule has 1 aliphatic carbocycles. The molecule has 0 aliphatic heterocycles. The van der Waals surface area contributed by atoms with Crippen molar-refractivity contribution in [3.05, 3.63) is 0 Å². The van der Waals surface area contributed by atoms with Gasteiger partial charge in [0.15, 0.2) is 0 Å². The molecule has 1 aliphatic rings. The van der Waals surface area contributed by atoms with Crippen LogP contribution in [0.4, 0.5) is 0 Å². The average molecular weight is 212 g/mol. The Morgan fingerprint density at radius 1 is 0.733 bits per heavy atom. The Morgan fingerprint density at radius 2 is 1.33 bits per heavy atom. The van der Waals surface area contributed by atoms with Crippen molar-refractivity contribution in [2.24, 2.45) is 5.92 Å². The summed E-state index contributed by atoms with van der Waals surface area (Å²) in [5.41, 5.74) is 0. The summed E-state index contributed by atoms with van der Waals surface area (Å²) in [6, 6.07) is 0. The lowest BCUT2D eigenvalue weighted by molar-refractivity contribution is 0.281. The van der Waals surface area contributed by atoms with Crippen LogP contribution in [0.5, 0.6) is 0 Å². The molecule has 1 nitrogen and oxygen atoms in total. The largest absolute Gasteiger partial charge is 0.396 e. The number of hydrogen-bond donors (Lipinski definition) is 1. The van der Waals surface area contributed by atoms with Crippen LogP contribution in [0, 0.1) is 5.92 Å². The van der Waals surface area contributed by atoms with Crippen molar-refractivity contribution in [2.45, 2.75) is 77.0 Å². The second-order valence-corrected chi connectivity index (χ2v) is 5.14. The average Bonchev–Trinajstić information content (AvgIpc) is 2.29. The lowest BCUT2D eigenvalue weighted by Crippen LogP contribution is -2.05. The van der Waals surface area contributed by atoms with Crippen molar-refractivity contribution in [3.63, 3.8) is 0 Å². The van der Waals surface area contributed by atoms with Gasteiger partial charge in [-0.3, -0.25) is 0 Å². The third-order valence-electron chi connectivity index (χ3n) is 3.75. The summed E-state index contributed by atoms with van der Waals surface area (Å²) in [6.45, 7) is 0.377. The van der Waals surface area contributed by atoms with E-state index in [0.29, 0.717) is 6.61 Å². The molecule has 1 saturated carbocycles. The fraction of sp³-hybridized carbons (Fsp3) is 1.00. The number of aliphatic hydroxyl groups is 1. The van der Waals surface area contributed by atoms with Gasteiger partial charge in [0.05, 0.1) is 0 Å². The zero-order valence-corrected chi connectivity index (χ0v) is 10.2. The van der Waals surface area contributed by atoms with Crippen LogP contribution >= 0.6 is 0 Å². The summed E-state index contributed by atoms with van der Waals surface area (Å²) >= 11 is 0. The van der Waals surface area contributed by atoms with Crippen LogP contribution in [0.1, 0.15) is 77.0 Å². The van der Waals surface area contributed by atoms with Gasteiger partial charge in [-0.25, -0.2) is 0 Å². The van der Waals surface area contributed by atoms with E-state index in [0.717, 1.165) is 12.3 Å². The molecule has 0 unspecified atom stereocenters. The van der Waals surface area contributed by atoms with E-state index < -0.39 is 0 Å². The van der Waals surface area contributed by atoms with E-state index in [1.165, 1.54) is 70.6 Å². The van der Waals surface area contributed by atoms with Gasteiger partial charge in [0.1, 0.15) is 0 Å². The highest BCUT2D eigenvalue weighted by Gasteiger charge is 2.12. The van der Waals surface area contributed by atoms with Crippen LogP contribution < -0.4 is 0 Å². The van der Waals surface area contributed by atoms with Gasteiger partial charge in [-0.05, 0) is 12.3 Å². The van der Waals surface area contributed by atoms with Gasteiger partial charge in [-0.1, -0.05) is 70.6 Å². The SMILES string of the molecule is OCCCCCCCCC1CCCCC1. The van der Waals surface area contributed by atoms with Crippen LogP contribution in [0.25, 0.3) is 0 Å². The fourth-order valence-electron chi connectivity index (χ4n) is 2.73. The second-order valence-electron chi connectivity index (χ2n) is 5.14. The number of hydrogen-bond acceptors (Lipinski definition) is 1. The normalized spacial score (nSPS) is 18.2. The monoisotopic (exact) mass is 212 g/mol. The molecule has 1 fully saturated rings. The maximum Gasteiger partial charge on any atom is 0.0431 e. The third kappa shape index (κ3) is 6.94. The van der Waals surface area contributed by atoms with Crippen LogP contribution in [-0.2, 0) is 0 Å². The lowest BCUT2D eigenvalue weighted by Gasteiger charge is -2.21. The molecule has 0 atom stereocenters. The van der Waals surface area contributed by atoms with E-state index >= 15 is 0 Å². The minimum absolute atomic E-state index is 0.377. The zero-order valence-electron chi connectivity index (χ0n) is 10.2. The molecule has 0 aromatic rings. The first-order valence-corrected chi connectivity index (χ1v) is 7.04. The molecule has 1 rings (SSSR count). The highest BCUT2D eigenvalue weighted by atomic mass is 16.2. The van der Waals surface area contributed by atoms with E-state index in [2.05, 4.69) is 0 Å². The quantitative estimate of drug-likeness (QED) is 0.595. The Morgan fingerprint density at radius 3 is 2.00 bits per heavy atom. The molecular weight excluding hydrogens is 184 g/mol. The highest BCUT2D eigenvalue weighted by Crippen LogP contribution is 2.28. The number of aliphatic hydroxyl groups excluding tert-OH is 1. The maximum atomic E-state index is 8.64. The van der Waals surface area contributed by atoms with Gasteiger partial charge >= 0.3 is 0 Å². The summed E-state index contributed by atoms with van der Waals surface area (Å²) in [5, 5.41) is 8.64. The summed E-state index contributed by atoms with van der Waals surface area (Å²) in [5.74, 6) is 1.07. The van der Waals surface area contributed by atoms with E-state index in [4.69, 9.17) is 5.11 Å². The van der Waals surface area contributed by atoms with Crippen LogP contribution in [0.2, 0.25) is 0 Å². The fourth-order valence-corrected chi connectivity index (χ4v) is 2.73. The first-order valence-electron chi connectivity index (χ1n) is 7.04. The van der Waals surface area contributed by atoms with Crippen molar-refractivity contribution in [3.8, 4) is 0 Å². The van der Waals surface area contributed by atoms with E-state index in [9.17, 15) is 0 Å². The molecule has 0 aromatic carbocycles.